The van der Waals surface area contributed by atoms with Crippen LogP contribution >= 0.6 is 0 Å². The van der Waals surface area contributed by atoms with Gasteiger partial charge in [-0.05, 0) is 118 Å². The Morgan fingerprint density at radius 1 is 0.924 bits per heavy atom. The van der Waals surface area contributed by atoms with E-state index >= 15 is 0 Å². The summed E-state index contributed by atoms with van der Waals surface area (Å²) in [5.41, 5.74) is 6.51. The van der Waals surface area contributed by atoms with Crippen LogP contribution < -0.4 is 15.4 Å². The zero-order chi connectivity index (χ0) is 47.0. The summed E-state index contributed by atoms with van der Waals surface area (Å²) in [7, 11) is 2.61. The van der Waals surface area contributed by atoms with Crippen LogP contribution in [0.25, 0.3) is 44.2 Å². The first-order valence-electron chi connectivity index (χ1n) is 23.4. The zero-order valence-corrected chi connectivity index (χ0v) is 39.5. The Balaban J connectivity index is 1.04. The summed E-state index contributed by atoms with van der Waals surface area (Å²) >= 11 is 0. The van der Waals surface area contributed by atoms with E-state index in [-0.39, 0.29) is 60.5 Å². The van der Waals surface area contributed by atoms with Crippen molar-refractivity contribution in [1.82, 2.24) is 40.4 Å². The summed E-state index contributed by atoms with van der Waals surface area (Å²) in [4.78, 5) is 73.9. The molecular formula is C50H64N8O8. The van der Waals surface area contributed by atoms with E-state index in [9.17, 15) is 19.2 Å². The quantitative estimate of drug-likeness (QED) is 0.0890. The van der Waals surface area contributed by atoms with E-state index in [1.54, 1.807) is 0 Å². The van der Waals surface area contributed by atoms with Gasteiger partial charge in [0.25, 0.3) is 0 Å². The summed E-state index contributed by atoms with van der Waals surface area (Å²) < 4.78 is 22.3. The third-order valence-corrected chi connectivity index (χ3v) is 13.7. The lowest BCUT2D eigenvalue weighted by molar-refractivity contribution is -0.140. The number of ether oxygens (including phenoxy) is 4. The molecule has 4 N–H and O–H groups in total. The van der Waals surface area contributed by atoms with E-state index in [0.717, 1.165) is 81.2 Å². The van der Waals surface area contributed by atoms with Crippen molar-refractivity contribution in [1.29, 1.82) is 0 Å². The van der Waals surface area contributed by atoms with E-state index in [4.69, 9.17) is 28.9 Å². The van der Waals surface area contributed by atoms with Crippen LogP contribution in [0.3, 0.4) is 0 Å². The molecule has 0 saturated carbocycles. The van der Waals surface area contributed by atoms with Crippen LogP contribution in [0.5, 0.6) is 5.75 Å². The molecule has 0 bridgehead atoms. The summed E-state index contributed by atoms with van der Waals surface area (Å²) in [5.74, 6) is 1.54. The lowest BCUT2D eigenvalue weighted by atomic mass is 9.85. The number of aromatic amines is 2. The van der Waals surface area contributed by atoms with Crippen molar-refractivity contribution in [3.63, 3.8) is 0 Å². The van der Waals surface area contributed by atoms with Crippen molar-refractivity contribution in [3.05, 3.63) is 65.9 Å². The first-order valence-corrected chi connectivity index (χ1v) is 23.4. The van der Waals surface area contributed by atoms with Crippen LogP contribution in [0, 0.1) is 11.8 Å². The Hall–Kier alpha value is -6.16. The van der Waals surface area contributed by atoms with Crippen LogP contribution in [-0.4, -0.2) is 104 Å². The molecule has 5 aromatic rings. The fourth-order valence-corrected chi connectivity index (χ4v) is 10.4. The molecule has 16 heteroatoms. The van der Waals surface area contributed by atoms with Gasteiger partial charge in [0.15, 0.2) is 0 Å². The minimum absolute atomic E-state index is 0.0211. The number of likely N-dealkylation sites (tertiary alicyclic amines) is 1. The molecule has 2 fully saturated rings. The van der Waals surface area contributed by atoms with E-state index in [1.165, 1.54) is 14.2 Å². The Kier molecular flexibility index (Phi) is 13.6. The number of carbonyl (C=O) groups excluding carboxylic acids is 4. The molecule has 352 valence electrons. The highest BCUT2D eigenvalue weighted by atomic mass is 16.5. The number of fused-ring (bicyclic) bond motifs is 6. The average molecular weight is 905 g/mol. The topological polar surface area (TPSA) is 193 Å². The van der Waals surface area contributed by atoms with Gasteiger partial charge in [-0.2, -0.15) is 0 Å². The van der Waals surface area contributed by atoms with Gasteiger partial charge in [-0.1, -0.05) is 45.4 Å². The maximum Gasteiger partial charge on any atom is 0.407 e. The molecule has 8 rings (SSSR count). The highest BCUT2D eigenvalue weighted by Gasteiger charge is 2.42. The molecule has 3 aliphatic heterocycles. The van der Waals surface area contributed by atoms with Crippen molar-refractivity contribution in [2.75, 3.05) is 14.2 Å². The second kappa shape index (κ2) is 19.4. The number of amides is 4. The molecule has 0 spiro atoms. The predicted molar refractivity (Wildman–Crippen MR) is 250 cm³/mol. The number of methoxy groups -OCH3 is 2. The number of nitrogens with zero attached hydrogens (tertiary/aromatic N) is 4. The van der Waals surface area contributed by atoms with Gasteiger partial charge in [0, 0.05) is 23.0 Å². The Labute approximate surface area is 385 Å². The van der Waals surface area contributed by atoms with Crippen LogP contribution in [0.2, 0.25) is 0 Å². The number of nitrogens with one attached hydrogen (secondary N) is 4. The summed E-state index contributed by atoms with van der Waals surface area (Å²) in [6.45, 7) is 14.6. The second-order valence-corrected chi connectivity index (χ2v) is 18.8. The Bertz CT molecular complexity index is 2600. The lowest BCUT2D eigenvalue weighted by Gasteiger charge is -2.39. The molecule has 0 radical (unpaired) electrons. The highest BCUT2D eigenvalue weighted by Crippen LogP contribution is 2.43. The number of aromatic nitrogens is 4. The normalized spacial score (nSPS) is 21.7. The SMILES string of the molecule is CCC[C@H](C)N(Cc1nc2c(ccc3cc4c(cc32)OCc2cc(-c3cnc([C@@H]5CC[C@H](C)N5C(=O)[C@@H](NC(=O)OC)C(C)C)[nH]3)ccc2-4)[nH]1)C(=O)[C@@H](NC(=O)OC)C1C[C@@H](C)O[C@H](C)C1. The minimum Gasteiger partial charge on any atom is -0.488 e. The van der Waals surface area contributed by atoms with Crippen molar-refractivity contribution in [2.45, 2.75) is 143 Å². The predicted octanol–water partition coefficient (Wildman–Crippen LogP) is 8.54. The molecule has 2 aromatic heterocycles. The summed E-state index contributed by atoms with van der Waals surface area (Å²) in [5, 5.41) is 7.55. The smallest absolute Gasteiger partial charge is 0.407 e. The van der Waals surface area contributed by atoms with Gasteiger partial charge in [0.05, 0.1) is 61.9 Å². The summed E-state index contributed by atoms with van der Waals surface area (Å²) in [6.07, 6.45) is 4.98. The van der Waals surface area contributed by atoms with Gasteiger partial charge < -0.3 is 49.3 Å². The molecule has 16 nitrogen and oxygen atoms in total. The third kappa shape index (κ3) is 9.29. The Morgan fingerprint density at radius 2 is 1.67 bits per heavy atom. The largest absolute Gasteiger partial charge is 0.488 e. The number of benzene rings is 3. The van der Waals surface area contributed by atoms with E-state index in [1.807, 2.05) is 63.6 Å². The molecule has 0 unspecified atom stereocenters. The monoisotopic (exact) mass is 904 g/mol. The molecule has 4 amide bonds. The minimum atomic E-state index is -0.777. The average Bonchev–Trinajstić information content (AvgIpc) is 4.06. The first-order chi connectivity index (χ1) is 31.7. The fraction of sp³-hybridized carbons (Fsp3) is 0.520. The maximum atomic E-state index is 14.6. The Morgan fingerprint density at radius 3 is 2.38 bits per heavy atom. The fourth-order valence-electron chi connectivity index (χ4n) is 10.4. The molecule has 2 saturated heterocycles. The number of rotatable bonds is 13. The van der Waals surface area contributed by atoms with Gasteiger partial charge in [-0.15, -0.1) is 0 Å². The van der Waals surface area contributed by atoms with Crippen molar-refractivity contribution in [2.24, 2.45) is 11.8 Å². The van der Waals surface area contributed by atoms with Crippen LogP contribution in [0.4, 0.5) is 9.59 Å². The molecule has 5 heterocycles. The number of imidazole rings is 2. The van der Waals surface area contributed by atoms with Crippen LogP contribution in [0.1, 0.15) is 110 Å². The van der Waals surface area contributed by atoms with E-state index < -0.39 is 24.3 Å². The third-order valence-electron chi connectivity index (χ3n) is 13.7. The summed E-state index contributed by atoms with van der Waals surface area (Å²) in [6, 6.07) is 12.7. The van der Waals surface area contributed by atoms with Gasteiger partial charge in [0.2, 0.25) is 11.8 Å². The standard InChI is InChI=1S/C50H64N8O8/c1-10-11-27(4)57(47(59)44(56-50(62)64-9)33-18-29(6)66-30(7)19-33)24-42-52-38-16-14-31-21-37-35-15-13-32(20-34(35)25-65-41(37)22-36(31)45(38)54-42)39-23-51-46(53-39)40-17-12-28(5)58(40)48(60)43(26(2)3)55-49(61)63-8/h13-16,20-23,26-30,33,40,43-44H,10-12,17-19,24-25H2,1-9H3,(H,51,53)(H,52,54)(H,55,61)(H,56,62)/t27-,28-,29+,30+,40-,43-,44-/m0/s1. The van der Waals surface area contributed by atoms with Crippen molar-refractivity contribution >= 4 is 45.8 Å². The van der Waals surface area contributed by atoms with Gasteiger partial charge in [-0.3, -0.25) is 9.59 Å². The molecule has 7 atom stereocenters. The van der Waals surface area contributed by atoms with Crippen LogP contribution in [-0.2, 0) is 37.0 Å². The molecular weight excluding hydrogens is 841 g/mol. The number of hydrogen-bond donors (Lipinski definition) is 4. The number of carbonyl (C=O) groups is 4. The molecule has 3 aromatic carbocycles. The van der Waals surface area contributed by atoms with Gasteiger partial charge in [0.1, 0.15) is 36.1 Å². The van der Waals surface area contributed by atoms with Gasteiger partial charge in [-0.25, -0.2) is 19.6 Å². The molecule has 66 heavy (non-hydrogen) atoms. The number of hydrogen-bond acceptors (Lipinski definition) is 10. The molecule has 3 aliphatic rings. The number of alkyl carbamates (subject to hydrolysis) is 2. The number of H-pyrrole nitrogens is 2. The van der Waals surface area contributed by atoms with E-state index in [0.29, 0.717) is 31.1 Å². The molecule has 0 aliphatic carbocycles. The van der Waals surface area contributed by atoms with Crippen LogP contribution in [0.15, 0.2) is 48.7 Å². The van der Waals surface area contributed by atoms with Crippen molar-refractivity contribution < 1.29 is 38.1 Å². The zero-order valence-electron chi connectivity index (χ0n) is 39.5. The maximum absolute atomic E-state index is 14.6. The van der Waals surface area contributed by atoms with Gasteiger partial charge >= 0.3 is 12.2 Å². The van der Waals surface area contributed by atoms with Crippen molar-refractivity contribution in [3.8, 4) is 28.1 Å². The highest BCUT2D eigenvalue weighted by molar-refractivity contribution is 6.07. The second-order valence-electron chi connectivity index (χ2n) is 18.8. The first kappa shape index (κ1) is 46.4. The lowest BCUT2D eigenvalue weighted by Crippen LogP contribution is -2.56. The van der Waals surface area contributed by atoms with E-state index in [2.05, 4.69) is 63.9 Å².